The van der Waals surface area contributed by atoms with Crippen molar-refractivity contribution in [3.05, 3.63) is 177 Å². The molecule has 0 fully saturated rings. The molecule has 0 atom stereocenters. The number of allylic oxidation sites excluding steroid dienone is 6. The summed E-state index contributed by atoms with van der Waals surface area (Å²) in [6, 6.07) is 20.5. The first kappa shape index (κ1) is 25.8. The average Bonchev–Trinajstić information content (AvgIpc) is 3.61. The second-order valence-electron chi connectivity index (χ2n) is 8.04. The molecule has 4 aliphatic heterocycles. The van der Waals surface area contributed by atoms with Crippen LogP contribution in [0, 0.1) is 13.3 Å². The van der Waals surface area contributed by atoms with E-state index in [4.69, 9.17) is 0 Å². The van der Waals surface area contributed by atoms with Crippen LogP contribution in [0.4, 0.5) is 11.4 Å². The van der Waals surface area contributed by atoms with Crippen LogP contribution in [-0.4, -0.2) is 9.80 Å². The second kappa shape index (κ2) is 13.1. The van der Waals surface area contributed by atoms with Crippen LogP contribution in [0.2, 0.25) is 0 Å². The van der Waals surface area contributed by atoms with Crippen molar-refractivity contribution in [2.75, 3.05) is 9.80 Å². The van der Waals surface area contributed by atoms with Gasteiger partial charge in [-0.3, -0.25) is 0 Å². The van der Waals surface area contributed by atoms with E-state index in [-0.39, 0.29) is 17.1 Å². The number of hydrogen-bond acceptors (Lipinski definition) is 5. The molecule has 4 heterocycles. The summed E-state index contributed by atoms with van der Waals surface area (Å²) in [5, 5.41) is 7.45. The van der Waals surface area contributed by atoms with Gasteiger partial charge in [0, 0.05) is 17.6 Å². The van der Waals surface area contributed by atoms with Crippen LogP contribution in [0.1, 0.15) is 0 Å². The number of nitrogens with one attached hydrogen (secondary N) is 1. The summed E-state index contributed by atoms with van der Waals surface area (Å²) in [6.45, 7) is 4.06. The van der Waals surface area contributed by atoms with Crippen molar-refractivity contribution in [1.29, 1.82) is 0 Å². The van der Waals surface area contributed by atoms with Crippen LogP contribution < -0.4 is 15.1 Å². The topological polar surface area (TPSA) is 39.1 Å². The van der Waals surface area contributed by atoms with Gasteiger partial charge in [0.25, 0.3) is 0 Å². The number of hydrogen-bond donors (Lipinski definition) is 1. The summed E-state index contributed by atoms with van der Waals surface area (Å²) in [6.07, 6.45) is 27.7. The molecule has 0 amide bonds. The number of nitrogens with zero attached hydrogens (tertiary/aromatic N) is 5. The fourth-order valence-corrected chi connectivity index (χ4v) is 3.65. The van der Waals surface area contributed by atoms with E-state index in [9.17, 15) is 0 Å². The van der Waals surface area contributed by atoms with Crippen molar-refractivity contribution in [2.24, 2.45) is 0 Å². The van der Waals surface area contributed by atoms with Gasteiger partial charge in [0.05, 0.1) is 5.70 Å². The van der Waals surface area contributed by atoms with Gasteiger partial charge in [-0.2, -0.15) is 6.20 Å². The largest absolute Gasteiger partial charge is 3.00 e. The Hall–Kier alpha value is -4.32. The zero-order chi connectivity index (χ0) is 24.4. The van der Waals surface area contributed by atoms with Gasteiger partial charge in [0.1, 0.15) is 0 Å². The third-order valence-electron chi connectivity index (χ3n) is 5.41. The van der Waals surface area contributed by atoms with Crippen molar-refractivity contribution < 1.29 is 17.1 Å². The maximum absolute atomic E-state index is 4.27. The predicted octanol–water partition coefficient (Wildman–Crippen LogP) is 6.61. The van der Waals surface area contributed by atoms with E-state index in [1.165, 1.54) is 0 Å². The van der Waals surface area contributed by atoms with E-state index in [2.05, 4.69) is 44.7 Å². The number of rotatable bonds is 4. The molecule has 0 saturated carbocycles. The third-order valence-corrected chi connectivity index (χ3v) is 5.41. The maximum atomic E-state index is 4.27. The molecule has 6 rings (SSSR count). The number of dihydropyridines is 1. The van der Waals surface area contributed by atoms with Gasteiger partial charge >= 0.3 is 17.1 Å². The van der Waals surface area contributed by atoms with Crippen molar-refractivity contribution in [1.82, 2.24) is 15.1 Å². The Balaban J connectivity index is 0.000000168. The standard InChI is InChI=1S/C15H14N3.C15H13N3.Fe/c2*1-2-7-15(8-3-1)18-11-10-17(13-18)12-14-6-4-5-9-16-14;/h1-13,16H;1-13H;/q-1;-2;+3/b2*14-12-;. The smallest absolute Gasteiger partial charge is 0.663 e. The van der Waals surface area contributed by atoms with Gasteiger partial charge in [-0.25, -0.2) is 0 Å². The molecule has 6 nitrogen and oxygen atoms in total. The third kappa shape index (κ3) is 7.34. The zero-order valence-corrected chi connectivity index (χ0v) is 21.2. The van der Waals surface area contributed by atoms with E-state index in [1.807, 2.05) is 139 Å². The van der Waals surface area contributed by atoms with Crippen molar-refractivity contribution >= 4 is 11.4 Å². The van der Waals surface area contributed by atoms with E-state index in [0.717, 1.165) is 22.8 Å². The molecule has 1 N–H and O–H groups in total. The van der Waals surface area contributed by atoms with Crippen LogP contribution in [0.3, 0.4) is 0 Å². The zero-order valence-electron chi connectivity index (χ0n) is 20.1. The van der Waals surface area contributed by atoms with Gasteiger partial charge in [0.15, 0.2) is 0 Å². The van der Waals surface area contributed by atoms with Crippen LogP contribution in [0.15, 0.2) is 158 Å². The van der Waals surface area contributed by atoms with Gasteiger partial charge < -0.3 is 30.2 Å². The summed E-state index contributed by atoms with van der Waals surface area (Å²) in [4.78, 5) is 8.17. The Morgan fingerprint density at radius 2 is 1.24 bits per heavy atom. The maximum Gasteiger partial charge on any atom is 3.00 e. The SMILES string of the molecule is C1=CN/C(=C\N2C=CN(c3ccccc3)[CH-]2)C=C1.C1=C[N-]/C(=C\N2C=CN(c3ccccc3)[CH-]2)C=C1.[Fe+3]. The molecule has 4 aliphatic rings. The summed E-state index contributed by atoms with van der Waals surface area (Å²) < 4.78 is 0. The number of para-hydroxylation sites is 2. The first-order valence-corrected chi connectivity index (χ1v) is 11.7. The van der Waals surface area contributed by atoms with Gasteiger partial charge in [0.2, 0.25) is 0 Å². The predicted molar refractivity (Wildman–Crippen MR) is 148 cm³/mol. The van der Waals surface area contributed by atoms with Gasteiger partial charge in [-0.05, 0) is 73.6 Å². The molecule has 185 valence electrons. The summed E-state index contributed by atoms with van der Waals surface area (Å²) in [5.74, 6) is 0. The molecule has 0 spiro atoms. The van der Waals surface area contributed by atoms with E-state index >= 15 is 0 Å². The fourth-order valence-electron chi connectivity index (χ4n) is 3.65. The summed E-state index contributed by atoms with van der Waals surface area (Å²) >= 11 is 0. The average molecular weight is 527 g/mol. The Bertz CT molecular complexity index is 1160. The summed E-state index contributed by atoms with van der Waals surface area (Å²) in [7, 11) is 0. The van der Waals surface area contributed by atoms with Crippen molar-refractivity contribution in [2.45, 2.75) is 0 Å². The molecule has 0 unspecified atom stereocenters. The van der Waals surface area contributed by atoms with Crippen molar-refractivity contribution in [3.8, 4) is 0 Å². The molecular weight excluding hydrogens is 500 g/mol. The van der Waals surface area contributed by atoms with Gasteiger partial charge in [-0.15, -0.1) is 19.0 Å². The van der Waals surface area contributed by atoms with Crippen LogP contribution in [-0.2, 0) is 17.1 Å². The Labute approximate surface area is 229 Å². The normalized spacial score (nSPS) is 19.1. The first-order valence-electron chi connectivity index (χ1n) is 11.7. The van der Waals surface area contributed by atoms with E-state index in [0.29, 0.717) is 0 Å². The van der Waals surface area contributed by atoms with Crippen molar-refractivity contribution in [3.63, 3.8) is 0 Å². The number of anilines is 2. The molecule has 37 heavy (non-hydrogen) atoms. The Morgan fingerprint density at radius 1 is 0.649 bits per heavy atom. The van der Waals surface area contributed by atoms with Gasteiger partial charge in [-0.1, -0.05) is 60.7 Å². The van der Waals surface area contributed by atoms with E-state index in [1.54, 1.807) is 6.20 Å². The fraction of sp³-hybridized carbons (Fsp3) is 0. The van der Waals surface area contributed by atoms with Crippen LogP contribution in [0.25, 0.3) is 5.32 Å². The van der Waals surface area contributed by atoms with Crippen LogP contribution in [0.5, 0.6) is 0 Å². The first-order chi connectivity index (χ1) is 17.8. The molecule has 0 aromatic heterocycles. The quantitative estimate of drug-likeness (QED) is 0.358. The minimum atomic E-state index is 0. The minimum Gasteiger partial charge on any atom is -0.663 e. The monoisotopic (exact) mass is 527 g/mol. The molecular formula is C30H27FeN6. The molecule has 1 radical (unpaired) electrons. The Morgan fingerprint density at radius 3 is 1.78 bits per heavy atom. The summed E-state index contributed by atoms with van der Waals surface area (Å²) in [5.41, 5.74) is 4.30. The molecule has 2 aromatic carbocycles. The molecule has 0 aliphatic carbocycles. The molecule has 7 heteroatoms. The second-order valence-corrected chi connectivity index (χ2v) is 8.04. The minimum absolute atomic E-state index is 0. The van der Waals surface area contributed by atoms with E-state index < -0.39 is 0 Å². The number of benzene rings is 2. The van der Waals surface area contributed by atoms with Crippen LogP contribution >= 0.6 is 0 Å². The molecule has 2 aromatic rings. The Kier molecular flexibility index (Phi) is 9.13. The molecule has 0 saturated heterocycles. The molecule has 0 bridgehead atoms.